The number of rotatable bonds is 3. The Morgan fingerprint density at radius 1 is 1.15 bits per heavy atom. The van der Waals surface area contributed by atoms with E-state index < -0.39 is 10.1 Å². The Morgan fingerprint density at radius 3 is 2.10 bits per heavy atom. The van der Waals surface area contributed by atoms with Gasteiger partial charge in [0.1, 0.15) is 0 Å². The van der Waals surface area contributed by atoms with Crippen LogP contribution in [0.1, 0.15) is 43.6 Å². The lowest BCUT2D eigenvalue weighted by atomic mass is 9.77. The molecule has 0 saturated heterocycles. The molecule has 4 nitrogen and oxygen atoms in total. The van der Waals surface area contributed by atoms with Gasteiger partial charge in [-0.05, 0) is 24.3 Å². The van der Waals surface area contributed by atoms with Crippen molar-refractivity contribution in [2.45, 2.75) is 38.0 Å². The third kappa shape index (κ3) is 7.03. The summed E-state index contributed by atoms with van der Waals surface area (Å²) in [5.41, 5.74) is 1.31. The van der Waals surface area contributed by atoms with Gasteiger partial charge in [0, 0.05) is 5.92 Å². The first-order valence-corrected chi connectivity index (χ1v) is 8.85. The zero-order valence-electron chi connectivity index (χ0n) is 11.9. The van der Waals surface area contributed by atoms with Gasteiger partial charge >= 0.3 is 0 Å². The molecule has 1 aromatic carbocycles. The molecule has 0 aliphatic heterocycles. The standard InChI is InChI=1S/C14H20O.CH4O3S/c15-11-14(12-7-3-1-4-8-12)13-9-5-2-6-10-13;1-5(2,3)4/h1,3-4,7-8,13-15H,2,5-6,9-11H2;1H3,(H,2,3,4). The van der Waals surface area contributed by atoms with Gasteiger partial charge in [-0.15, -0.1) is 0 Å². The minimum absolute atomic E-state index is 0.300. The largest absolute Gasteiger partial charge is 0.396 e. The van der Waals surface area contributed by atoms with Crippen LogP contribution in [0.15, 0.2) is 30.3 Å². The van der Waals surface area contributed by atoms with E-state index in [1.165, 1.54) is 37.7 Å². The topological polar surface area (TPSA) is 74.6 Å². The summed E-state index contributed by atoms with van der Waals surface area (Å²) < 4.78 is 25.9. The highest BCUT2D eigenvalue weighted by atomic mass is 32.2. The second kappa shape index (κ2) is 8.39. The molecule has 0 amide bonds. The fraction of sp³-hybridized carbons (Fsp3) is 0.600. The van der Waals surface area contributed by atoms with Crippen molar-refractivity contribution in [1.82, 2.24) is 0 Å². The summed E-state index contributed by atoms with van der Waals surface area (Å²) in [6.45, 7) is 0.300. The number of aliphatic hydroxyl groups excluding tert-OH is 1. The van der Waals surface area contributed by atoms with Gasteiger partial charge in [0.25, 0.3) is 10.1 Å². The minimum Gasteiger partial charge on any atom is -0.396 e. The van der Waals surface area contributed by atoms with Gasteiger partial charge in [0.05, 0.1) is 12.9 Å². The van der Waals surface area contributed by atoms with Crippen LogP contribution in [0.3, 0.4) is 0 Å². The number of hydrogen-bond acceptors (Lipinski definition) is 3. The highest BCUT2D eigenvalue weighted by molar-refractivity contribution is 7.85. The molecule has 1 unspecified atom stereocenters. The zero-order chi connectivity index (χ0) is 15.0. The molecule has 1 atom stereocenters. The lowest BCUT2D eigenvalue weighted by Gasteiger charge is -2.29. The maximum atomic E-state index is 9.53. The third-order valence-corrected chi connectivity index (χ3v) is 3.64. The van der Waals surface area contributed by atoms with E-state index in [1.54, 1.807) is 0 Å². The maximum Gasteiger partial charge on any atom is 0.261 e. The van der Waals surface area contributed by atoms with E-state index in [4.69, 9.17) is 4.55 Å². The van der Waals surface area contributed by atoms with Crippen LogP contribution < -0.4 is 0 Å². The molecule has 20 heavy (non-hydrogen) atoms. The molecule has 1 aromatic rings. The molecule has 114 valence electrons. The van der Waals surface area contributed by atoms with E-state index in [0.29, 0.717) is 24.7 Å². The van der Waals surface area contributed by atoms with Crippen molar-refractivity contribution < 1.29 is 18.1 Å². The van der Waals surface area contributed by atoms with Gasteiger partial charge in [0.15, 0.2) is 0 Å². The summed E-state index contributed by atoms with van der Waals surface area (Å²) in [5.74, 6) is 1.07. The van der Waals surface area contributed by atoms with Crippen molar-refractivity contribution in [3.8, 4) is 0 Å². The molecule has 5 heteroatoms. The van der Waals surface area contributed by atoms with E-state index in [2.05, 4.69) is 24.3 Å². The van der Waals surface area contributed by atoms with Crippen LogP contribution in [0.25, 0.3) is 0 Å². The van der Waals surface area contributed by atoms with Crippen LogP contribution in [0.2, 0.25) is 0 Å². The molecule has 2 rings (SSSR count). The summed E-state index contributed by atoms with van der Waals surface area (Å²) >= 11 is 0. The lowest BCUT2D eigenvalue weighted by molar-refractivity contribution is 0.196. The zero-order valence-corrected chi connectivity index (χ0v) is 12.7. The van der Waals surface area contributed by atoms with Gasteiger partial charge in [-0.2, -0.15) is 8.42 Å². The Balaban J connectivity index is 0.000000347. The molecule has 0 heterocycles. The molecule has 0 spiro atoms. The Hall–Kier alpha value is -0.910. The number of aliphatic hydroxyl groups is 1. The first-order valence-electron chi connectivity index (χ1n) is 7.00. The molecule has 2 N–H and O–H groups in total. The van der Waals surface area contributed by atoms with Crippen molar-refractivity contribution in [1.29, 1.82) is 0 Å². The fourth-order valence-corrected chi connectivity index (χ4v) is 2.76. The number of benzene rings is 1. The van der Waals surface area contributed by atoms with Gasteiger partial charge in [-0.25, -0.2) is 0 Å². The fourth-order valence-electron chi connectivity index (χ4n) is 2.76. The van der Waals surface area contributed by atoms with E-state index in [-0.39, 0.29) is 0 Å². The van der Waals surface area contributed by atoms with Crippen LogP contribution in [0.5, 0.6) is 0 Å². The lowest BCUT2D eigenvalue weighted by Crippen LogP contribution is -2.19. The second-order valence-corrected chi connectivity index (χ2v) is 6.80. The first kappa shape index (κ1) is 17.1. The maximum absolute atomic E-state index is 9.53. The first-order chi connectivity index (χ1) is 9.42. The molecule has 1 aliphatic rings. The average Bonchev–Trinajstić information content (AvgIpc) is 2.40. The minimum atomic E-state index is -3.67. The van der Waals surface area contributed by atoms with Crippen LogP contribution in [-0.4, -0.2) is 30.9 Å². The summed E-state index contributed by atoms with van der Waals surface area (Å²) in [6, 6.07) is 10.5. The number of hydrogen-bond donors (Lipinski definition) is 2. The second-order valence-electron chi connectivity index (χ2n) is 5.33. The van der Waals surface area contributed by atoms with Crippen LogP contribution >= 0.6 is 0 Å². The Bertz CT molecular complexity index is 456. The molecule has 1 fully saturated rings. The van der Waals surface area contributed by atoms with Crippen LogP contribution in [-0.2, 0) is 10.1 Å². The van der Waals surface area contributed by atoms with Crippen molar-refractivity contribution in [3.05, 3.63) is 35.9 Å². The van der Waals surface area contributed by atoms with E-state index in [1.807, 2.05) is 6.07 Å². The van der Waals surface area contributed by atoms with Crippen LogP contribution in [0, 0.1) is 5.92 Å². The summed E-state index contributed by atoms with van der Waals surface area (Å²) in [7, 11) is -3.67. The van der Waals surface area contributed by atoms with Crippen molar-refractivity contribution in [2.24, 2.45) is 5.92 Å². The Labute approximate surface area is 121 Å². The summed E-state index contributed by atoms with van der Waals surface area (Å²) in [5, 5.41) is 9.53. The SMILES string of the molecule is CS(=O)(=O)O.OCC(c1ccccc1)C1CCCCC1. The van der Waals surface area contributed by atoms with Crippen LogP contribution in [0.4, 0.5) is 0 Å². The van der Waals surface area contributed by atoms with Crippen molar-refractivity contribution in [3.63, 3.8) is 0 Å². The molecule has 1 saturated carbocycles. The highest BCUT2D eigenvalue weighted by Gasteiger charge is 2.23. The van der Waals surface area contributed by atoms with E-state index in [9.17, 15) is 13.5 Å². The smallest absolute Gasteiger partial charge is 0.261 e. The monoisotopic (exact) mass is 300 g/mol. The Morgan fingerprint density at radius 2 is 1.65 bits per heavy atom. The molecular weight excluding hydrogens is 276 g/mol. The summed E-state index contributed by atoms with van der Waals surface area (Å²) in [6.07, 6.45) is 7.36. The predicted molar refractivity (Wildman–Crippen MR) is 80.3 cm³/mol. The van der Waals surface area contributed by atoms with E-state index >= 15 is 0 Å². The van der Waals surface area contributed by atoms with Gasteiger partial charge in [-0.1, -0.05) is 49.6 Å². The molecular formula is C15H24O4S. The average molecular weight is 300 g/mol. The predicted octanol–water partition coefficient (Wildman–Crippen LogP) is 2.85. The quantitative estimate of drug-likeness (QED) is 0.842. The molecule has 0 bridgehead atoms. The van der Waals surface area contributed by atoms with Gasteiger partial charge < -0.3 is 5.11 Å². The molecule has 0 aromatic heterocycles. The van der Waals surface area contributed by atoms with Crippen molar-refractivity contribution >= 4 is 10.1 Å². The Kier molecular flexibility index (Phi) is 7.19. The third-order valence-electron chi connectivity index (χ3n) is 3.64. The van der Waals surface area contributed by atoms with Crippen molar-refractivity contribution in [2.75, 3.05) is 12.9 Å². The van der Waals surface area contributed by atoms with Gasteiger partial charge in [0.2, 0.25) is 0 Å². The van der Waals surface area contributed by atoms with Gasteiger partial charge in [-0.3, -0.25) is 4.55 Å². The highest BCUT2D eigenvalue weighted by Crippen LogP contribution is 2.35. The molecule has 0 radical (unpaired) electrons. The molecule has 1 aliphatic carbocycles. The summed E-state index contributed by atoms with van der Waals surface area (Å²) in [4.78, 5) is 0. The normalized spacial score (nSPS) is 17.9. The van der Waals surface area contributed by atoms with E-state index in [0.717, 1.165) is 0 Å².